The van der Waals surface area contributed by atoms with Crippen molar-refractivity contribution in [2.45, 2.75) is 0 Å². The van der Waals surface area contributed by atoms with Gasteiger partial charge >= 0.3 is 0 Å². The third-order valence-corrected chi connectivity index (χ3v) is 4.84. The summed E-state index contributed by atoms with van der Waals surface area (Å²) in [6.45, 7) is 0. The van der Waals surface area contributed by atoms with Crippen LogP contribution in [0.15, 0.2) is 25.6 Å². The minimum atomic E-state index is -0.0874. The Morgan fingerprint density at radius 2 is 1.69 bits per heavy atom. The molecule has 0 saturated heterocycles. The summed E-state index contributed by atoms with van der Waals surface area (Å²) in [5.74, 6) is -0.0869. The summed E-state index contributed by atoms with van der Waals surface area (Å²) in [6.07, 6.45) is 0. The Morgan fingerprint density at radius 1 is 1.23 bits per heavy atom. The maximum absolute atomic E-state index is 11.2. The Bertz CT molecular complexity index is 328. The highest BCUT2D eigenvalue weighted by molar-refractivity contribution is 9.14. The topological polar surface area (TPSA) is 17.1 Å². The Labute approximate surface area is 106 Å². The molecular formula is C8H4Br3ClO. The number of carbonyl (C=O) groups excluding carboxylic acids is 1. The number of halogens is 4. The van der Waals surface area contributed by atoms with E-state index in [1.165, 1.54) is 0 Å². The molecule has 5 heteroatoms. The molecule has 0 spiro atoms. The molecule has 0 unspecified atom stereocenters. The number of hydrogen-bond acceptors (Lipinski definition) is 1. The van der Waals surface area contributed by atoms with Gasteiger partial charge in [0.1, 0.15) is 0 Å². The Morgan fingerprint density at radius 3 is 2.08 bits per heavy atom. The Hall–Kier alpha value is 0.620. The van der Waals surface area contributed by atoms with Crippen LogP contribution in [0.2, 0.25) is 0 Å². The molecule has 0 heterocycles. The van der Waals surface area contributed by atoms with Crippen molar-refractivity contribution in [2.75, 3.05) is 5.88 Å². The van der Waals surface area contributed by atoms with Gasteiger partial charge < -0.3 is 0 Å². The van der Waals surface area contributed by atoms with Gasteiger partial charge in [0.05, 0.1) is 5.88 Å². The molecule has 0 N–H and O–H groups in total. The molecule has 0 aliphatic carbocycles. The zero-order valence-electron chi connectivity index (χ0n) is 6.28. The second kappa shape index (κ2) is 4.91. The van der Waals surface area contributed by atoms with Crippen molar-refractivity contribution in [1.82, 2.24) is 0 Å². The number of Topliss-reactive ketones (excluding diaryl/α,β-unsaturated/α-hetero) is 1. The molecule has 0 aromatic heterocycles. The first-order valence-corrected chi connectivity index (χ1v) is 6.21. The SMILES string of the molecule is O=C(CCl)c1cc(Br)c(Br)c(Br)c1. The number of ketones is 1. The minimum absolute atomic E-state index is 0.000508. The first-order chi connectivity index (χ1) is 6.06. The van der Waals surface area contributed by atoms with Crippen molar-refractivity contribution in [1.29, 1.82) is 0 Å². The van der Waals surface area contributed by atoms with Crippen LogP contribution in [-0.2, 0) is 0 Å². The average Bonchev–Trinajstić information content (AvgIpc) is 2.12. The van der Waals surface area contributed by atoms with Gasteiger partial charge in [0.25, 0.3) is 0 Å². The van der Waals surface area contributed by atoms with Crippen LogP contribution in [0.25, 0.3) is 0 Å². The van der Waals surface area contributed by atoms with E-state index in [1.807, 2.05) is 0 Å². The molecule has 0 aliphatic rings. The smallest absolute Gasteiger partial charge is 0.177 e. The van der Waals surface area contributed by atoms with Crippen molar-refractivity contribution in [2.24, 2.45) is 0 Å². The summed E-state index contributed by atoms with van der Waals surface area (Å²) in [5, 5.41) is 0. The van der Waals surface area contributed by atoms with Crippen LogP contribution in [-0.4, -0.2) is 11.7 Å². The molecule has 0 radical (unpaired) electrons. The Kier molecular flexibility index (Phi) is 4.42. The zero-order chi connectivity index (χ0) is 10.0. The average molecular weight is 391 g/mol. The van der Waals surface area contributed by atoms with Crippen molar-refractivity contribution in [3.05, 3.63) is 31.1 Å². The predicted molar refractivity (Wildman–Crippen MR) is 64.6 cm³/mol. The summed E-state index contributed by atoms with van der Waals surface area (Å²) < 4.78 is 2.55. The molecule has 0 aliphatic heterocycles. The fraction of sp³-hybridized carbons (Fsp3) is 0.125. The molecule has 0 saturated carbocycles. The number of alkyl halides is 1. The molecule has 0 atom stereocenters. The molecule has 0 bridgehead atoms. The van der Waals surface area contributed by atoms with Gasteiger partial charge in [-0.3, -0.25) is 4.79 Å². The lowest BCUT2D eigenvalue weighted by Gasteiger charge is -2.03. The van der Waals surface area contributed by atoms with Gasteiger partial charge in [-0.1, -0.05) is 0 Å². The zero-order valence-corrected chi connectivity index (χ0v) is 11.8. The van der Waals surface area contributed by atoms with Gasteiger partial charge in [-0.25, -0.2) is 0 Å². The predicted octanol–water partition coefficient (Wildman–Crippen LogP) is 4.40. The Balaban J connectivity index is 3.20. The first kappa shape index (κ1) is 11.7. The van der Waals surface area contributed by atoms with Crippen LogP contribution in [0.4, 0.5) is 0 Å². The standard InChI is InChI=1S/C8H4Br3ClO/c9-5-1-4(7(13)3-12)2-6(10)8(5)11/h1-2H,3H2. The normalized spacial score (nSPS) is 10.2. The lowest BCUT2D eigenvalue weighted by Crippen LogP contribution is -2.00. The minimum Gasteiger partial charge on any atom is -0.293 e. The van der Waals surface area contributed by atoms with Crippen LogP contribution in [0.1, 0.15) is 10.4 Å². The lowest BCUT2D eigenvalue weighted by molar-refractivity contribution is 0.102. The van der Waals surface area contributed by atoms with Crippen LogP contribution in [0.3, 0.4) is 0 Å². The van der Waals surface area contributed by atoms with Gasteiger partial charge in [-0.05, 0) is 59.9 Å². The first-order valence-electron chi connectivity index (χ1n) is 3.30. The van der Waals surface area contributed by atoms with Crippen molar-refractivity contribution >= 4 is 65.2 Å². The van der Waals surface area contributed by atoms with E-state index >= 15 is 0 Å². The van der Waals surface area contributed by atoms with Crippen molar-refractivity contribution in [3.63, 3.8) is 0 Å². The second-order valence-corrected chi connectivity index (χ2v) is 5.08. The van der Waals surface area contributed by atoms with Gasteiger partial charge in [-0.2, -0.15) is 0 Å². The molecule has 13 heavy (non-hydrogen) atoms. The summed E-state index contributed by atoms with van der Waals surface area (Å²) in [6, 6.07) is 3.47. The van der Waals surface area contributed by atoms with E-state index in [4.69, 9.17) is 11.6 Å². The van der Waals surface area contributed by atoms with Crippen LogP contribution in [0, 0.1) is 0 Å². The third-order valence-electron chi connectivity index (χ3n) is 1.43. The summed E-state index contributed by atoms with van der Waals surface area (Å²) in [4.78, 5) is 11.2. The van der Waals surface area contributed by atoms with Gasteiger partial charge in [0, 0.05) is 19.0 Å². The van der Waals surface area contributed by atoms with Gasteiger partial charge in [0.2, 0.25) is 0 Å². The largest absolute Gasteiger partial charge is 0.293 e. The molecule has 1 aromatic carbocycles. The number of rotatable bonds is 2. The molecule has 70 valence electrons. The molecular weight excluding hydrogens is 387 g/mol. The third kappa shape index (κ3) is 2.78. The summed E-state index contributed by atoms with van der Waals surface area (Å²) >= 11 is 15.4. The van der Waals surface area contributed by atoms with Crippen LogP contribution in [0.5, 0.6) is 0 Å². The fourth-order valence-corrected chi connectivity index (χ4v) is 2.36. The van der Waals surface area contributed by atoms with E-state index in [2.05, 4.69) is 47.8 Å². The monoisotopic (exact) mass is 388 g/mol. The van der Waals surface area contributed by atoms with Crippen LogP contribution < -0.4 is 0 Å². The summed E-state index contributed by atoms with van der Waals surface area (Å²) in [5.41, 5.74) is 0.594. The highest BCUT2D eigenvalue weighted by Crippen LogP contribution is 2.32. The van der Waals surface area contributed by atoms with E-state index < -0.39 is 0 Å². The quantitative estimate of drug-likeness (QED) is 0.415. The number of hydrogen-bond donors (Lipinski definition) is 0. The van der Waals surface area contributed by atoms with Crippen molar-refractivity contribution in [3.8, 4) is 0 Å². The number of carbonyl (C=O) groups is 1. The summed E-state index contributed by atoms with van der Waals surface area (Å²) in [7, 11) is 0. The maximum atomic E-state index is 11.2. The van der Waals surface area contributed by atoms with E-state index in [-0.39, 0.29) is 11.7 Å². The maximum Gasteiger partial charge on any atom is 0.177 e. The van der Waals surface area contributed by atoms with Crippen molar-refractivity contribution < 1.29 is 4.79 Å². The van der Waals surface area contributed by atoms with E-state index in [0.29, 0.717) is 5.56 Å². The molecule has 0 fully saturated rings. The van der Waals surface area contributed by atoms with Crippen LogP contribution >= 0.6 is 59.4 Å². The second-order valence-electron chi connectivity index (χ2n) is 2.31. The lowest BCUT2D eigenvalue weighted by atomic mass is 10.1. The fourth-order valence-electron chi connectivity index (χ4n) is 0.794. The van der Waals surface area contributed by atoms with E-state index in [9.17, 15) is 4.79 Å². The van der Waals surface area contributed by atoms with E-state index in [1.54, 1.807) is 12.1 Å². The molecule has 1 aromatic rings. The molecule has 1 nitrogen and oxygen atoms in total. The molecule has 1 rings (SSSR count). The highest BCUT2D eigenvalue weighted by Gasteiger charge is 2.09. The van der Waals surface area contributed by atoms with E-state index in [0.717, 1.165) is 13.4 Å². The number of benzene rings is 1. The van der Waals surface area contributed by atoms with Gasteiger partial charge in [0.15, 0.2) is 5.78 Å². The van der Waals surface area contributed by atoms with Gasteiger partial charge in [-0.15, -0.1) is 11.6 Å². The molecule has 0 amide bonds. The highest BCUT2D eigenvalue weighted by atomic mass is 79.9.